The molecule has 138 valence electrons. The molecule has 26 heavy (non-hydrogen) atoms. The summed E-state index contributed by atoms with van der Waals surface area (Å²) < 4.78 is 14.9. The number of carbonyl (C=O) groups excluding carboxylic acids is 2. The SMILES string of the molecule is COC(=O)CCNC(=O)c1cc(=O)c(OCc2ccc(Cl)c(Cl)c2)co1. The van der Waals surface area contributed by atoms with E-state index in [0.29, 0.717) is 15.6 Å². The van der Waals surface area contributed by atoms with Crippen molar-refractivity contribution in [1.29, 1.82) is 0 Å². The molecular formula is C17H15Cl2NO6. The Balaban J connectivity index is 1.95. The molecule has 7 nitrogen and oxygen atoms in total. The number of halogens is 2. The van der Waals surface area contributed by atoms with Gasteiger partial charge in [0, 0.05) is 12.6 Å². The van der Waals surface area contributed by atoms with Crippen molar-refractivity contribution in [3.63, 3.8) is 0 Å². The van der Waals surface area contributed by atoms with Crippen LogP contribution in [0.25, 0.3) is 0 Å². The van der Waals surface area contributed by atoms with Gasteiger partial charge in [-0.3, -0.25) is 14.4 Å². The summed E-state index contributed by atoms with van der Waals surface area (Å²) in [4.78, 5) is 34.9. The second-order valence-electron chi connectivity index (χ2n) is 5.09. The molecule has 0 bridgehead atoms. The van der Waals surface area contributed by atoms with Crippen LogP contribution in [0.4, 0.5) is 0 Å². The number of hydrogen-bond acceptors (Lipinski definition) is 6. The molecule has 0 fully saturated rings. The number of carbonyl (C=O) groups is 2. The molecule has 1 amide bonds. The Morgan fingerprint density at radius 3 is 2.62 bits per heavy atom. The zero-order valence-corrected chi connectivity index (χ0v) is 15.2. The minimum atomic E-state index is -0.623. The number of amides is 1. The van der Waals surface area contributed by atoms with Gasteiger partial charge in [0.05, 0.1) is 23.6 Å². The van der Waals surface area contributed by atoms with Gasteiger partial charge in [-0.25, -0.2) is 0 Å². The van der Waals surface area contributed by atoms with Gasteiger partial charge >= 0.3 is 5.97 Å². The highest BCUT2D eigenvalue weighted by molar-refractivity contribution is 6.42. The van der Waals surface area contributed by atoms with Crippen LogP contribution < -0.4 is 15.5 Å². The molecule has 1 N–H and O–H groups in total. The highest BCUT2D eigenvalue weighted by Crippen LogP contribution is 2.23. The molecule has 1 heterocycles. The fraction of sp³-hybridized carbons (Fsp3) is 0.235. The number of hydrogen-bond donors (Lipinski definition) is 1. The molecule has 0 radical (unpaired) electrons. The molecule has 0 unspecified atom stereocenters. The lowest BCUT2D eigenvalue weighted by Gasteiger charge is -2.07. The van der Waals surface area contributed by atoms with Crippen LogP contribution in [-0.2, 0) is 16.1 Å². The Morgan fingerprint density at radius 1 is 1.19 bits per heavy atom. The Kier molecular flexibility index (Phi) is 7.06. The highest BCUT2D eigenvalue weighted by atomic mass is 35.5. The lowest BCUT2D eigenvalue weighted by Crippen LogP contribution is -2.27. The summed E-state index contributed by atoms with van der Waals surface area (Å²) >= 11 is 11.7. The molecule has 0 atom stereocenters. The normalized spacial score (nSPS) is 10.3. The van der Waals surface area contributed by atoms with Crippen LogP contribution >= 0.6 is 23.2 Å². The lowest BCUT2D eigenvalue weighted by atomic mass is 10.2. The minimum Gasteiger partial charge on any atom is -0.482 e. The molecule has 0 aliphatic heterocycles. The van der Waals surface area contributed by atoms with Gasteiger partial charge in [0.25, 0.3) is 5.91 Å². The highest BCUT2D eigenvalue weighted by Gasteiger charge is 2.13. The second-order valence-corrected chi connectivity index (χ2v) is 5.91. The first-order valence-electron chi connectivity index (χ1n) is 7.45. The summed E-state index contributed by atoms with van der Waals surface area (Å²) in [7, 11) is 1.25. The lowest BCUT2D eigenvalue weighted by molar-refractivity contribution is -0.140. The predicted molar refractivity (Wildman–Crippen MR) is 94.7 cm³/mol. The van der Waals surface area contributed by atoms with Crippen LogP contribution in [0.3, 0.4) is 0 Å². The number of methoxy groups -OCH3 is 1. The topological polar surface area (TPSA) is 94.8 Å². The van der Waals surface area contributed by atoms with E-state index in [1.165, 1.54) is 7.11 Å². The molecule has 2 aromatic rings. The Hall–Kier alpha value is -2.51. The maximum Gasteiger partial charge on any atom is 0.307 e. The fourth-order valence-electron chi connectivity index (χ4n) is 1.88. The molecule has 0 aliphatic carbocycles. The van der Waals surface area contributed by atoms with E-state index in [2.05, 4.69) is 10.1 Å². The maximum absolute atomic E-state index is 12.0. The first kappa shape index (κ1) is 19.8. The van der Waals surface area contributed by atoms with Crippen LogP contribution in [0, 0.1) is 0 Å². The van der Waals surface area contributed by atoms with Crippen molar-refractivity contribution >= 4 is 35.1 Å². The van der Waals surface area contributed by atoms with E-state index in [4.69, 9.17) is 32.4 Å². The summed E-state index contributed by atoms with van der Waals surface area (Å²) in [6.45, 7) is 0.136. The van der Waals surface area contributed by atoms with E-state index < -0.39 is 17.3 Å². The third kappa shape index (κ3) is 5.50. The maximum atomic E-state index is 12.0. The molecule has 9 heteroatoms. The van der Waals surface area contributed by atoms with Crippen molar-refractivity contribution in [3.8, 4) is 5.75 Å². The van der Waals surface area contributed by atoms with Crippen molar-refractivity contribution < 1.29 is 23.5 Å². The summed E-state index contributed by atoms with van der Waals surface area (Å²) in [5, 5.41) is 3.23. The molecule has 2 rings (SSSR count). The molecular weight excluding hydrogens is 385 g/mol. The van der Waals surface area contributed by atoms with Crippen LogP contribution in [0.15, 0.2) is 39.7 Å². The van der Waals surface area contributed by atoms with Gasteiger partial charge in [0.15, 0.2) is 5.76 Å². The largest absolute Gasteiger partial charge is 0.482 e. The van der Waals surface area contributed by atoms with Crippen molar-refractivity contribution in [2.45, 2.75) is 13.0 Å². The summed E-state index contributed by atoms with van der Waals surface area (Å²) in [6.07, 6.45) is 1.06. The van der Waals surface area contributed by atoms with Gasteiger partial charge in [-0.1, -0.05) is 29.3 Å². The monoisotopic (exact) mass is 399 g/mol. The number of rotatable bonds is 7. The number of benzene rings is 1. The van der Waals surface area contributed by atoms with E-state index in [-0.39, 0.29) is 31.1 Å². The van der Waals surface area contributed by atoms with Crippen LogP contribution in [0.5, 0.6) is 5.75 Å². The van der Waals surface area contributed by atoms with Crippen molar-refractivity contribution in [3.05, 3.63) is 62.1 Å². The zero-order valence-electron chi connectivity index (χ0n) is 13.7. The van der Waals surface area contributed by atoms with E-state index in [9.17, 15) is 14.4 Å². The average molecular weight is 400 g/mol. The van der Waals surface area contributed by atoms with Gasteiger partial charge < -0.3 is 19.2 Å². The van der Waals surface area contributed by atoms with Gasteiger partial charge in [0.1, 0.15) is 12.9 Å². The average Bonchev–Trinajstić information content (AvgIpc) is 2.63. The molecule has 0 saturated carbocycles. The van der Waals surface area contributed by atoms with E-state index in [1.54, 1.807) is 18.2 Å². The summed E-state index contributed by atoms with van der Waals surface area (Å²) in [5.41, 5.74) is 0.192. The number of ether oxygens (including phenoxy) is 2. The van der Waals surface area contributed by atoms with Crippen molar-refractivity contribution in [2.75, 3.05) is 13.7 Å². The molecule has 1 aromatic heterocycles. The summed E-state index contributed by atoms with van der Waals surface area (Å²) in [6, 6.07) is 5.96. The van der Waals surface area contributed by atoms with Crippen LogP contribution in [0.2, 0.25) is 10.0 Å². The van der Waals surface area contributed by atoms with Gasteiger partial charge in [-0.05, 0) is 17.7 Å². The minimum absolute atomic E-state index is 0.0112. The molecule has 0 saturated heterocycles. The quantitative estimate of drug-likeness (QED) is 0.719. The standard InChI is InChI=1S/C17H15Cl2NO6/c1-24-16(22)4-5-20-17(23)14-7-13(21)15(9-26-14)25-8-10-2-3-11(18)12(19)6-10/h2-3,6-7,9H,4-5,8H2,1H3,(H,20,23). The van der Waals surface area contributed by atoms with E-state index in [1.807, 2.05) is 0 Å². The molecule has 0 spiro atoms. The van der Waals surface area contributed by atoms with Crippen LogP contribution in [0.1, 0.15) is 22.5 Å². The van der Waals surface area contributed by atoms with Gasteiger partial charge in [-0.15, -0.1) is 0 Å². The first-order chi connectivity index (χ1) is 12.4. The second kappa shape index (κ2) is 9.26. The third-order valence-electron chi connectivity index (χ3n) is 3.24. The zero-order chi connectivity index (χ0) is 19.1. The van der Waals surface area contributed by atoms with Crippen molar-refractivity contribution in [1.82, 2.24) is 5.32 Å². The van der Waals surface area contributed by atoms with E-state index in [0.717, 1.165) is 12.3 Å². The Bertz CT molecular complexity index is 865. The number of esters is 1. The van der Waals surface area contributed by atoms with E-state index >= 15 is 0 Å². The van der Waals surface area contributed by atoms with Gasteiger partial charge in [0.2, 0.25) is 11.2 Å². The smallest absolute Gasteiger partial charge is 0.307 e. The predicted octanol–water partition coefficient (Wildman–Crippen LogP) is 2.82. The first-order valence-corrected chi connectivity index (χ1v) is 8.21. The number of nitrogens with one attached hydrogen (secondary N) is 1. The van der Waals surface area contributed by atoms with Crippen LogP contribution in [-0.4, -0.2) is 25.5 Å². The Morgan fingerprint density at radius 2 is 1.96 bits per heavy atom. The Labute approximate surface area is 158 Å². The van der Waals surface area contributed by atoms with Gasteiger partial charge in [-0.2, -0.15) is 0 Å². The summed E-state index contributed by atoms with van der Waals surface area (Å²) in [5.74, 6) is -1.33. The molecule has 0 aliphatic rings. The van der Waals surface area contributed by atoms with Crippen molar-refractivity contribution in [2.24, 2.45) is 0 Å². The fourth-order valence-corrected chi connectivity index (χ4v) is 2.20. The molecule has 1 aromatic carbocycles. The third-order valence-corrected chi connectivity index (χ3v) is 3.98.